The Kier molecular flexibility index (Phi) is 6.33. The van der Waals surface area contributed by atoms with Gasteiger partial charge in [-0.15, -0.1) is 0 Å². The molecule has 4 heteroatoms. The normalized spacial score (nSPS) is 19.2. The summed E-state index contributed by atoms with van der Waals surface area (Å²) in [6.07, 6.45) is 3.54. The highest BCUT2D eigenvalue weighted by molar-refractivity contribution is 5.82. The van der Waals surface area contributed by atoms with E-state index in [9.17, 15) is 0 Å². The molecule has 1 fully saturated rings. The van der Waals surface area contributed by atoms with Crippen LogP contribution in [0.25, 0.3) is 10.8 Å². The lowest BCUT2D eigenvalue weighted by atomic mass is 9.97. The van der Waals surface area contributed by atoms with E-state index in [4.69, 9.17) is 9.47 Å². The van der Waals surface area contributed by atoms with Crippen LogP contribution in [-0.4, -0.2) is 56.7 Å². The van der Waals surface area contributed by atoms with Crippen LogP contribution in [0.1, 0.15) is 23.1 Å². The fourth-order valence-electron chi connectivity index (χ4n) is 5.41. The van der Waals surface area contributed by atoms with Gasteiger partial charge in [0.2, 0.25) is 0 Å². The minimum absolute atomic E-state index is 0.772. The van der Waals surface area contributed by atoms with Gasteiger partial charge in [0.25, 0.3) is 0 Å². The lowest BCUT2D eigenvalue weighted by molar-refractivity contribution is 0.209. The van der Waals surface area contributed by atoms with E-state index in [2.05, 4.69) is 64.4 Å². The number of hydrogen-bond donors (Lipinski definition) is 0. The van der Waals surface area contributed by atoms with Crippen LogP contribution in [0.4, 0.5) is 0 Å². The molecule has 3 aromatic carbocycles. The van der Waals surface area contributed by atoms with Gasteiger partial charge in [-0.25, -0.2) is 0 Å². The maximum absolute atomic E-state index is 5.52. The number of ether oxygens (including phenoxy) is 2. The Morgan fingerprint density at radius 3 is 2.44 bits per heavy atom. The molecule has 0 radical (unpaired) electrons. The van der Waals surface area contributed by atoms with Crippen LogP contribution in [0, 0.1) is 5.92 Å². The van der Waals surface area contributed by atoms with Gasteiger partial charge in [-0.2, -0.15) is 0 Å². The zero-order valence-electron chi connectivity index (χ0n) is 19.3. The van der Waals surface area contributed by atoms with E-state index >= 15 is 0 Å². The molecule has 168 valence electrons. The summed E-state index contributed by atoms with van der Waals surface area (Å²) in [5.41, 5.74) is 4.24. The quantitative estimate of drug-likeness (QED) is 0.539. The van der Waals surface area contributed by atoms with Crippen molar-refractivity contribution < 1.29 is 9.47 Å². The first-order valence-electron chi connectivity index (χ1n) is 11.9. The van der Waals surface area contributed by atoms with Crippen molar-refractivity contribution in [1.29, 1.82) is 0 Å². The number of hydrogen-bond acceptors (Lipinski definition) is 4. The van der Waals surface area contributed by atoms with Crippen molar-refractivity contribution in [2.24, 2.45) is 5.92 Å². The summed E-state index contributed by atoms with van der Waals surface area (Å²) in [6, 6.07) is 19.9. The molecular weight excluding hydrogens is 396 g/mol. The Hall–Kier alpha value is -2.56. The zero-order valence-corrected chi connectivity index (χ0v) is 19.3. The van der Waals surface area contributed by atoms with Crippen molar-refractivity contribution in [2.45, 2.75) is 25.8 Å². The van der Waals surface area contributed by atoms with Gasteiger partial charge >= 0.3 is 0 Å². The van der Waals surface area contributed by atoms with Crippen molar-refractivity contribution in [3.05, 3.63) is 71.3 Å². The minimum atomic E-state index is 0.772. The highest BCUT2D eigenvalue weighted by Crippen LogP contribution is 2.33. The molecule has 1 saturated heterocycles. The molecule has 4 nitrogen and oxygen atoms in total. The summed E-state index contributed by atoms with van der Waals surface area (Å²) in [4.78, 5) is 5.29. The molecule has 2 heterocycles. The third-order valence-corrected chi connectivity index (χ3v) is 7.21. The first-order valence-corrected chi connectivity index (χ1v) is 11.9. The van der Waals surface area contributed by atoms with Gasteiger partial charge in [0, 0.05) is 32.7 Å². The number of nitrogens with zero attached hydrogens (tertiary/aromatic N) is 2. The second kappa shape index (κ2) is 9.51. The van der Waals surface area contributed by atoms with E-state index in [-0.39, 0.29) is 0 Å². The standard InChI is InChI=1S/C28H34N2O2/c1-31-27-16-25-11-14-30(20-26(25)17-28(27)32-2)19-22-10-13-29(18-22)12-9-21-7-8-23-5-3-4-6-24(23)15-21/h3-8,15-17,22H,9-14,18-20H2,1-2H3. The summed E-state index contributed by atoms with van der Waals surface area (Å²) in [5, 5.41) is 2.68. The van der Waals surface area contributed by atoms with Gasteiger partial charge in [-0.3, -0.25) is 4.90 Å². The van der Waals surface area contributed by atoms with Crippen LogP contribution in [0.3, 0.4) is 0 Å². The molecule has 1 unspecified atom stereocenters. The number of methoxy groups -OCH3 is 2. The molecule has 0 N–H and O–H groups in total. The third kappa shape index (κ3) is 4.62. The Labute approximate surface area is 191 Å². The monoisotopic (exact) mass is 430 g/mol. The molecule has 2 aliphatic rings. The maximum Gasteiger partial charge on any atom is 0.161 e. The molecule has 5 rings (SSSR count). The average Bonchev–Trinajstić information content (AvgIpc) is 3.28. The van der Waals surface area contributed by atoms with Gasteiger partial charge < -0.3 is 14.4 Å². The molecule has 0 spiro atoms. The number of rotatable bonds is 7. The molecule has 0 amide bonds. The van der Waals surface area contributed by atoms with Crippen LogP contribution in [-0.2, 0) is 19.4 Å². The fourth-order valence-corrected chi connectivity index (χ4v) is 5.41. The maximum atomic E-state index is 5.52. The van der Waals surface area contributed by atoms with E-state index in [0.717, 1.165) is 49.9 Å². The van der Waals surface area contributed by atoms with E-state index in [0.29, 0.717) is 0 Å². The highest BCUT2D eigenvalue weighted by atomic mass is 16.5. The zero-order chi connectivity index (χ0) is 21.9. The van der Waals surface area contributed by atoms with Crippen molar-refractivity contribution in [1.82, 2.24) is 9.80 Å². The fraction of sp³-hybridized carbons (Fsp3) is 0.429. The van der Waals surface area contributed by atoms with Crippen LogP contribution in [0.2, 0.25) is 0 Å². The number of likely N-dealkylation sites (tertiary alicyclic amines) is 1. The van der Waals surface area contributed by atoms with Crippen molar-refractivity contribution in [3.63, 3.8) is 0 Å². The predicted molar refractivity (Wildman–Crippen MR) is 131 cm³/mol. The molecule has 0 saturated carbocycles. The van der Waals surface area contributed by atoms with Gasteiger partial charge in [0.15, 0.2) is 11.5 Å². The Balaban J connectivity index is 1.13. The van der Waals surface area contributed by atoms with Crippen LogP contribution in [0.5, 0.6) is 11.5 Å². The molecule has 0 aliphatic carbocycles. The second-order valence-electron chi connectivity index (χ2n) is 9.35. The van der Waals surface area contributed by atoms with E-state index in [1.165, 1.54) is 53.5 Å². The van der Waals surface area contributed by atoms with Gasteiger partial charge in [-0.1, -0.05) is 42.5 Å². The molecule has 0 aromatic heterocycles. The molecule has 3 aromatic rings. The van der Waals surface area contributed by atoms with Gasteiger partial charge in [0.05, 0.1) is 14.2 Å². The Morgan fingerprint density at radius 1 is 0.844 bits per heavy atom. The van der Waals surface area contributed by atoms with Gasteiger partial charge in [0.1, 0.15) is 0 Å². The van der Waals surface area contributed by atoms with E-state index < -0.39 is 0 Å². The van der Waals surface area contributed by atoms with Crippen molar-refractivity contribution in [2.75, 3.05) is 46.9 Å². The second-order valence-corrected chi connectivity index (χ2v) is 9.35. The average molecular weight is 431 g/mol. The number of fused-ring (bicyclic) bond motifs is 2. The van der Waals surface area contributed by atoms with Crippen molar-refractivity contribution in [3.8, 4) is 11.5 Å². The summed E-state index contributed by atoms with van der Waals surface area (Å²) >= 11 is 0. The molecular formula is C28H34N2O2. The first kappa shape index (κ1) is 21.3. The van der Waals surface area contributed by atoms with Crippen LogP contribution >= 0.6 is 0 Å². The summed E-state index contributed by atoms with van der Waals surface area (Å²) in [5.74, 6) is 2.46. The SMILES string of the molecule is COc1cc2c(cc1OC)CN(CC1CCN(CCc3ccc4ccccc4c3)C1)CC2. The van der Waals surface area contributed by atoms with E-state index in [1.807, 2.05) is 0 Å². The summed E-state index contributed by atoms with van der Waals surface area (Å²) in [7, 11) is 3.43. The number of benzene rings is 3. The first-order chi connectivity index (χ1) is 15.7. The third-order valence-electron chi connectivity index (χ3n) is 7.21. The Bertz CT molecular complexity index is 1080. The van der Waals surface area contributed by atoms with Crippen molar-refractivity contribution >= 4 is 10.8 Å². The van der Waals surface area contributed by atoms with E-state index in [1.54, 1.807) is 14.2 Å². The summed E-state index contributed by atoms with van der Waals surface area (Å²) < 4.78 is 11.0. The smallest absolute Gasteiger partial charge is 0.161 e. The van der Waals surface area contributed by atoms with Gasteiger partial charge in [-0.05, 0) is 71.3 Å². The van der Waals surface area contributed by atoms with Crippen LogP contribution in [0.15, 0.2) is 54.6 Å². The van der Waals surface area contributed by atoms with Crippen LogP contribution < -0.4 is 9.47 Å². The molecule has 1 atom stereocenters. The molecule has 2 aliphatic heterocycles. The molecule has 0 bridgehead atoms. The minimum Gasteiger partial charge on any atom is -0.493 e. The Morgan fingerprint density at radius 2 is 1.62 bits per heavy atom. The molecule has 32 heavy (non-hydrogen) atoms. The topological polar surface area (TPSA) is 24.9 Å². The highest BCUT2D eigenvalue weighted by Gasteiger charge is 2.26. The predicted octanol–water partition coefficient (Wildman–Crippen LogP) is 4.78. The lowest BCUT2D eigenvalue weighted by Crippen LogP contribution is -2.35. The largest absolute Gasteiger partial charge is 0.493 e. The lowest BCUT2D eigenvalue weighted by Gasteiger charge is -2.31. The summed E-state index contributed by atoms with van der Waals surface area (Å²) in [6.45, 7) is 6.96.